The van der Waals surface area contributed by atoms with E-state index in [1.807, 2.05) is 28.0 Å². The Labute approximate surface area is 241 Å². The van der Waals surface area contributed by atoms with Crippen LogP contribution in [0.25, 0.3) is 21.9 Å². The van der Waals surface area contributed by atoms with Crippen LogP contribution in [0.5, 0.6) is 0 Å². The first-order chi connectivity index (χ1) is 20.1. The van der Waals surface area contributed by atoms with Crippen molar-refractivity contribution < 1.29 is 9.84 Å². The highest BCUT2D eigenvalue weighted by Crippen LogP contribution is 2.26. The van der Waals surface area contributed by atoms with Crippen molar-refractivity contribution in [1.82, 2.24) is 34.9 Å². The standard InChI is InChI=1S/C30H43N9O2/c1-3-4-12-38(15-17-40)29-28-26(34-30(31)35-29)21-39(36-28)20-23-8-7-22(25-6-5-11-32-27(23)25)19-33-24-9-13-37(14-10-24)16-18-41-2/h5-8,11,21,24,33,40H,3-4,9-10,12-20H2,1-2H3,(H2,31,34). The summed E-state index contributed by atoms with van der Waals surface area (Å²) in [5.41, 5.74) is 10.8. The molecule has 5 rings (SSSR count). The number of rotatable bonds is 14. The number of nitrogen functional groups attached to an aromatic ring is 1. The van der Waals surface area contributed by atoms with Crippen LogP contribution in [-0.2, 0) is 17.8 Å². The van der Waals surface area contributed by atoms with E-state index in [9.17, 15) is 5.11 Å². The van der Waals surface area contributed by atoms with E-state index in [1.165, 1.54) is 5.56 Å². The molecule has 1 aliphatic heterocycles. The second kappa shape index (κ2) is 14.0. The lowest BCUT2D eigenvalue weighted by Crippen LogP contribution is -2.43. The second-order valence-corrected chi connectivity index (χ2v) is 10.8. The smallest absolute Gasteiger partial charge is 0.222 e. The number of methoxy groups -OCH3 is 1. The van der Waals surface area contributed by atoms with Crippen LogP contribution in [0.3, 0.4) is 0 Å². The van der Waals surface area contributed by atoms with Crippen LogP contribution in [-0.4, -0.2) is 93.8 Å². The molecule has 3 aromatic heterocycles. The molecule has 0 unspecified atom stereocenters. The van der Waals surface area contributed by atoms with Crippen molar-refractivity contribution in [2.45, 2.75) is 51.7 Å². The van der Waals surface area contributed by atoms with Crippen molar-refractivity contribution in [3.8, 4) is 0 Å². The van der Waals surface area contributed by atoms with Crippen molar-refractivity contribution in [3.05, 3.63) is 47.8 Å². The van der Waals surface area contributed by atoms with Gasteiger partial charge in [0.2, 0.25) is 5.95 Å². The highest BCUT2D eigenvalue weighted by atomic mass is 16.5. The van der Waals surface area contributed by atoms with Crippen LogP contribution in [0.4, 0.5) is 11.8 Å². The average molecular weight is 562 g/mol. The fraction of sp³-hybridized carbons (Fsp3) is 0.533. The number of nitrogens with two attached hydrogens (primary N) is 1. The maximum Gasteiger partial charge on any atom is 0.222 e. The summed E-state index contributed by atoms with van der Waals surface area (Å²) in [6.07, 6.45) is 8.08. The zero-order valence-corrected chi connectivity index (χ0v) is 24.3. The van der Waals surface area contributed by atoms with Gasteiger partial charge in [0.05, 0.1) is 31.5 Å². The minimum Gasteiger partial charge on any atom is -0.395 e. The number of piperidine rings is 1. The molecule has 0 spiro atoms. The number of hydrogen-bond acceptors (Lipinski definition) is 10. The van der Waals surface area contributed by atoms with Crippen LogP contribution in [0.2, 0.25) is 0 Å². The fourth-order valence-electron chi connectivity index (χ4n) is 5.64. The molecule has 1 aliphatic rings. The van der Waals surface area contributed by atoms with Gasteiger partial charge < -0.3 is 30.7 Å². The number of hydrogen-bond donors (Lipinski definition) is 3. The molecule has 220 valence electrons. The number of likely N-dealkylation sites (tertiary alicyclic amines) is 1. The predicted octanol–water partition coefficient (Wildman–Crippen LogP) is 2.80. The number of fused-ring (bicyclic) bond motifs is 2. The Balaban J connectivity index is 1.33. The van der Waals surface area contributed by atoms with Crippen LogP contribution >= 0.6 is 0 Å². The van der Waals surface area contributed by atoms with E-state index >= 15 is 0 Å². The summed E-state index contributed by atoms with van der Waals surface area (Å²) in [7, 11) is 1.76. The third-order valence-corrected chi connectivity index (χ3v) is 7.92. The third-order valence-electron chi connectivity index (χ3n) is 7.92. The Morgan fingerprint density at radius 2 is 1.95 bits per heavy atom. The van der Waals surface area contributed by atoms with E-state index < -0.39 is 0 Å². The molecular formula is C30H43N9O2. The summed E-state index contributed by atoms with van der Waals surface area (Å²) in [4.78, 5) is 18.3. The number of benzene rings is 1. The maximum absolute atomic E-state index is 9.65. The predicted molar refractivity (Wildman–Crippen MR) is 163 cm³/mol. The van der Waals surface area contributed by atoms with E-state index in [1.54, 1.807) is 7.11 Å². The lowest BCUT2D eigenvalue weighted by Gasteiger charge is -2.32. The lowest BCUT2D eigenvalue weighted by atomic mass is 10.0. The molecule has 11 heteroatoms. The number of pyridine rings is 1. The van der Waals surface area contributed by atoms with Crippen molar-refractivity contribution in [1.29, 1.82) is 0 Å². The van der Waals surface area contributed by atoms with E-state index in [0.29, 0.717) is 36.0 Å². The van der Waals surface area contributed by atoms with Gasteiger partial charge in [-0.25, -0.2) is 4.98 Å². The normalized spacial score (nSPS) is 14.8. The number of nitrogens with one attached hydrogen (secondary N) is 1. The molecule has 41 heavy (non-hydrogen) atoms. The number of ether oxygens (including phenoxy) is 1. The van der Waals surface area contributed by atoms with Crippen LogP contribution in [0.15, 0.2) is 36.7 Å². The SMILES string of the molecule is CCCCN(CCO)c1nc(N)nc2cn(Cc3ccc(CNC4CCN(CCOC)CC4)c4cccnc34)nc12. The highest BCUT2D eigenvalue weighted by Gasteiger charge is 2.20. The zero-order valence-electron chi connectivity index (χ0n) is 24.3. The molecule has 0 radical (unpaired) electrons. The lowest BCUT2D eigenvalue weighted by molar-refractivity contribution is 0.126. The number of aliphatic hydroxyl groups excluding tert-OH is 1. The summed E-state index contributed by atoms with van der Waals surface area (Å²) in [6, 6.07) is 9.04. The summed E-state index contributed by atoms with van der Waals surface area (Å²) in [6.45, 7) is 8.78. The minimum absolute atomic E-state index is 0.0300. The van der Waals surface area contributed by atoms with Crippen LogP contribution in [0.1, 0.15) is 43.7 Å². The molecule has 0 saturated carbocycles. The van der Waals surface area contributed by atoms with Crippen LogP contribution in [0, 0.1) is 0 Å². The molecular weight excluding hydrogens is 518 g/mol. The van der Waals surface area contributed by atoms with Gasteiger partial charge >= 0.3 is 0 Å². The van der Waals surface area contributed by atoms with Gasteiger partial charge in [0.15, 0.2) is 11.3 Å². The molecule has 4 N–H and O–H groups in total. The first-order valence-corrected chi connectivity index (χ1v) is 14.8. The number of aliphatic hydroxyl groups is 1. The van der Waals surface area contributed by atoms with E-state index in [2.05, 4.69) is 45.3 Å². The molecule has 0 atom stereocenters. The Bertz CT molecular complexity index is 1420. The number of aromatic nitrogens is 5. The Morgan fingerprint density at radius 3 is 2.73 bits per heavy atom. The molecule has 4 aromatic rings. The summed E-state index contributed by atoms with van der Waals surface area (Å²) < 4.78 is 7.12. The van der Waals surface area contributed by atoms with Gasteiger partial charge in [-0.15, -0.1) is 0 Å². The van der Waals surface area contributed by atoms with Crippen molar-refractivity contribution in [3.63, 3.8) is 0 Å². The largest absolute Gasteiger partial charge is 0.395 e. The molecule has 11 nitrogen and oxygen atoms in total. The van der Waals surface area contributed by atoms with Gasteiger partial charge in [0, 0.05) is 50.9 Å². The topological polar surface area (TPSA) is 130 Å². The van der Waals surface area contributed by atoms with Gasteiger partial charge in [-0.2, -0.15) is 10.1 Å². The Kier molecular flexibility index (Phi) is 9.94. The van der Waals surface area contributed by atoms with Gasteiger partial charge in [-0.05, 0) is 49.5 Å². The molecule has 0 bridgehead atoms. The third kappa shape index (κ3) is 7.10. The molecule has 4 heterocycles. The second-order valence-electron chi connectivity index (χ2n) is 10.8. The zero-order chi connectivity index (χ0) is 28.6. The van der Waals surface area contributed by atoms with Crippen molar-refractivity contribution >= 4 is 33.7 Å². The fourth-order valence-corrected chi connectivity index (χ4v) is 5.64. The molecule has 1 saturated heterocycles. The number of anilines is 2. The summed E-state index contributed by atoms with van der Waals surface area (Å²) in [5, 5.41) is 19.5. The van der Waals surface area contributed by atoms with Crippen molar-refractivity contribution in [2.75, 3.05) is 63.7 Å². The quantitative estimate of drug-likeness (QED) is 0.211. The molecule has 1 fully saturated rings. The van der Waals surface area contributed by atoms with Gasteiger partial charge in [0.25, 0.3) is 0 Å². The number of unbranched alkanes of at least 4 members (excludes halogenated alkanes) is 1. The Morgan fingerprint density at radius 1 is 1.12 bits per heavy atom. The van der Waals surface area contributed by atoms with Crippen molar-refractivity contribution in [2.24, 2.45) is 0 Å². The minimum atomic E-state index is 0.0300. The van der Waals surface area contributed by atoms with Gasteiger partial charge in [0.1, 0.15) is 5.52 Å². The van der Waals surface area contributed by atoms with Gasteiger partial charge in [-0.3, -0.25) is 9.67 Å². The average Bonchev–Trinajstić information content (AvgIpc) is 3.40. The van der Waals surface area contributed by atoms with Gasteiger partial charge in [-0.1, -0.05) is 31.5 Å². The highest BCUT2D eigenvalue weighted by molar-refractivity contribution is 5.87. The Hall–Kier alpha value is -3.38. The molecule has 1 aromatic carbocycles. The maximum atomic E-state index is 9.65. The summed E-state index contributed by atoms with van der Waals surface area (Å²) in [5.74, 6) is 0.874. The number of nitrogens with zero attached hydrogens (tertiary/aromatic N) is 7. The molecule has 0 aliphatic carbocycles. The monoisotopic (exact) mass is 561 g/mol. The van der Waals surface area contributed by atoms with Crippen LogP contribution < -0.4 is 16.0 Å². The first kappa shape index (κ1) is 29.1. The summed E-state index contributed by atoms with van der Waals surface area (Å²) >= 11 is 0. The first-order valence-electron chi connectivity index (χ1n) is 14.8. The van der Waals surface area contributed by atoms with E-state index in [4.69, 9.17) is 20.6 Å². The van der Waals surface area contributed by atoms with E-state index in [0.717, 1.165) is 81.5 Å². The molecule has 0 amide bonds. The van der Waals surface area contributed by atoms with E-state index in [-0.39, 0.29) is 12.6 Å².